The van der Waals surface area contributed by atoms with E-state index in [0.29, 0.717) is 22.6 Å². The first kappa shape index (κ1) is 28.7. The summed E-state index contributed by atoms with van der Waals surface area (Å²) in [7, 11) is 0. The van der Waals surface area contributed by atoms with Crippen molar-refractivity contribution in [2.75, 3.05) is 28.6 Å². The zero-order valence-electron chi connectivity index (χ0n) is 22.8. The van der Waals surface area contributed by atoms with Crippen molar-refractivity contribution in [1.82, 2.24) is 5.32 Å². The lowest BCUT2D eigenvalue weighted by atomic mass is 9.87. The Morgan fingerprint density at radius 2 is 1.40 bits per heavy atom. The lowest BCUT2D eigenvalue weighted by Gasteiger charge is -2.28. The third kappa shape index (κ3) is 7.20. The number of carbonyl (C=O) groups excluding carboxylic acids is 2. The van der Waals surface area contributed by atoms with Crippen LogP contribution in [0.5, 0.6) is 0 Å². The Morgan fingerprint density at radius 3 is 1.98 bits per heavy atom. The average molecular weight is 560 g/mol. The molecule has 2 amide bonds. The van der Waals surface area contributed by atoms with Gasteiger partial charge in [-0.1, -0.05) is 32.9 Å². The van der Waals surface area contributed by atoms with E-state index in [1.54, 1.807) is 36.4 Å². The number of anilines is 3. The highest BCUT2D eigenvalue weighted by Crippen LogP contribution is 2.31. The fraction of sp³-hybridized carbons (Fsp3) is 0.300. The van der Waals surface area contributed by atoms with E-state index < -0.39 is 10.8 Å². The minimum Gasteiger partial charge on any atom is -0.366 e. The number of carbonyl (C=O) groups is 2. The maximum absolute atomic E-state index is 12.8. The number of rotatable bonds is 6. The van der Waals surface area contributed by atoms with Crippen molar-refractivity contribution in [3.8, 4) is 0 Å². The molecule has 9 nitrogen and oxygen atoms in total. The normalized spacial score (nSPS) is 13.3. The predicted molar refractivity (Wildman–Crippen MR) is 162 cm³/mol. The summed E-state index contributed by atoms with van der Waals surface area (Å²) in [5, 5.41) is 20.1. The molecule has 0 radical (unpaired) electrons. The third-order valence-electron chi connectivity index (χ3n) is 6.77. The van der Waals surface area contributed by atoms with E-state index in [2.05, 4.69) is 36.7 Å². The average Bonchev–Trinajstić information content (AvgIpc) is 2.93. The van der Waals surface area contributed by atoms with E-state index in [1.165, 1.54) is 6.07 Å². The summed E-state index contributed by atoms with van der Waals surface area (Å²) in [4.78, 5) is 38.6. The van der Waals surface area contributed by atoms with Gasteiger partial charge in [-0.25, -0.2) is 0 Å². The minimum atomic E-state index is -0.549. The van der Waals surface area contributed by atoms with E-state index in [9.17, 15) is 19.7 Å². The summed E-state index contributed by atoms with van der Waals surface area (Å²) in [6, 6.07) is 18.9. The molecule has 3 N–H and O–H groups in total. The number of amides is 2. The van der Waals surface area contributed by atoms with Crippen LogP contribution in [0.3, 0.4) is 0 Å². The number of thiocarbonyl (C=S) groups is 1. The van der Waals surface area contributed by atoms with Gasteiger partial charge in [0.15, 0.2) is 5.11 Å². The SMILES string of the molecule is CC(C)(C)c1ccc(C(=O)Nc2ccc(NC(=S)NC(=O)c3ccc(N4CCCCC4)c([N+](=O)[O-])c3)cc2)cc1. The first-order valence-corrected chi connectivity index (χ1v) is 13.6. The topological polar surface area (TPSA) is 117 Å². The Labute approximate surface area is 239 Å². The van der Waals surface area contributed by atoms with Crippen LogP contribution in [-0.4, -0.2) is 34.9 Å². The van der Waals surface area contributed by atoms with Crippen LogP contribution in [0.2, 0.25) is 0 Å². The molecule has 1 fully saturated rings. The molecule has 0 atom stereocenters. The van der Waals surface area contributed by atoms with Crippen molar-refractivity contribution in [2.24, 2.45) is 0 Å². The van der Waals surface area contributed by atoms with Gasteiger partial charge in [-0.2, -0.15) is 0 Å². The van der Waals surface area contributed by atoms with Crippen LogP contribution < -0.4 is 20.9 Å². The van der Waals surface area contributed by atoms with Gasteiger partial charge in [0.05, 0.1) is 4.92 Å². The number of hydrogen-bond donors (Lipinski definition) is 3. The number of nitro benzene ring substituents is 1. The zero-order valence-corrected chi connectivity index (χ0v) is 23.6. The molecule has 0 aromatic heterocycles. The standard InChI is InChI=1S/C30H33N5O4S/c1-30(2,3)22-10-7-20(8-11-22)27(36)31-23-12-14-24(15-13-23)32-29(40)33-28(37)21-9-16-25(26(19-21)35(38)39)34-17-5-4-6-18-34/h7-16,19H,4-6,17-18H2,1-3H3,(H,31,36)(H2,32,33,37,40). The molecule has 0 saturated carbocycles. The van der Waals surface area contributed by atoms with Crippen molar-refractivity contribution in [1.29, 1.82) is 0 Å². The highest BCUT2D eigenvalue weighted by molar-refractivity contribution is 7.80. The summed E-state index contributed by atoms with van der Waals surface area (Å²) >= 11 is 5.27. The first-order chi connectivity index (χ1) is 19.0. The van der Waals surface area contributed by atoms with E-state index in [4.69, 9.17) is 12.2 Å². The second-order valence-corrected chi connectivity index (χ2v) is 11.2. The monoisotopic (exact) mass is 559 g/mol. The summed E-state index contributed by atoms with van der Waals surface area (Å²) < 4.78 is 0. The summed E-state index contributed by atoms with van der Waals surface area (Å²) in [6.45, 7) is 7.87. The molecule has 1 aliphatic rings. The van der Waals surface area contributed by atoms with Gasteiger partial charge >= 0.3 is 0 Å². The van der Waals surface area contributed by atoms with Gasteiger partial charge in [-0.3, -0.25) is 25.0 Å². The number of nitrogens with zero attached hydrogens (tertiary/aromatic N) is 2. The molecule has 0 spiro atoms. The van der Waals surface area contributed by atoms with Gasteiger partial charge in [0.1, 0.15) is 5.69 Å². The van der Waals surface area contributed by atoms with Crippen molar-refractivity contribution in [3.63, 3.8) is 0 Å². The van der Waals surface area contributed by atoms with E-state index >= 15 is 0 Å². The van der Waals surface area contributed by atoms with Crippen LogP contribution in [0, 0.1) is 10.1 Å². The molecule has 40 heavy (non-hydrogen) atoms. The molecule has 1 aliphatic heterocycles. The Kier molecular flexibility index (Phi) is 8.79. The van der Waals surface area contributed by atoms with Crippen LogP contribution in [0.25, 0.3) is 0 Å². The van der Waals surface area contributed by atoms with Crippen LogP contribution >= 0.6 is 12.2 Å². The molecule has 1 heterocycles. The molecule has 1 saturated heterocycles. The molecule has 3 aromatic rings. The van der Waals surface area contributed by atoms with Crippen molar-refractivity contribution in [2.45, 2.75) is 45.4 Å². The summed E-state index contributed by atoms with van der Waals surface area (Å²) in [5.74, 6) is -0.767. The number of nitro groups is 1. The second-order valence-electron chi connectivity index (χ2n) is 10.8. The van der Waals surface area contributed by atoms with Crippen molar-refractivity contribution >= 4 is 51.9 Å². The Balaban J connectivity index is 1.34. The van der Waals surface area contributed by atoms with Crippen molar-refractivity contribution in [3.05, 3.63) is 93.5 Å². The fourth-order valence-corrected chi connectivity index (χ4v) is 4.72. The summed E-state index contributed by atoms with van der Waals surface area (Å²) in [5.41, 5.74) is 3.49. The van der Waals surface area contributed by atoms with Crippen LogP contribution in [0.15, 0.2) is 66.7 Å². The number of hydrogen-bond acceptors (Lipinski definition) is 6. The lowest BCUT2D eigenvalue weighted by Crippen LogP contribution is -2.34. The lowest BCUT2D eigenvalue weighted by molar-refractivity contribution is -0.384. The molecule has 0 unspecified atom stereocenters. The van der Waals surface area contributed by atoms with Gasteiger partial charge in [0, 0.05) is 41.7 Å². The molecule has 0 aliphatic carbocycles. The quantitative estimate of drug-likeness (QED) is 0.185. The highest BCUT2D eigenvalue weighted by Gasteiger charge is 2.23. The number of benzene rings is 3. The second kappa shape index (κ2) is 12.3. The zero-order chi connectivity index (χ0) is 28.9. The molecular weight excluding hydrogens is 526 g/mol. The van der Waals surface area contributed by atoms with Gasteiger partial charge in [0.25, 0.3) is 17.5 Å². The van der Waals surface area contributed by atoms with E-state index in [-0.39, 0.29) is 27.7 Å². The van der Waals surface area contributed by atoms with Crippen LogP contribution in [0.1, 0.15) is 66.3 Å². The summed E-state index contributed by atoms with van der Waals surface area (Å²) in [6.07, 6.45) is 3.08. The predicted octanol–water partition coefficient (Wildman–Crippen LogP) is 6.26. The smallest absolute Gasteiger partial charge is 0.293 e. The highest BCUT2D eigenvalue weighted by atomic mass is 32.1. The fourth-order valence-electron chi connectivity index (χ4n) is 4.51. The van der Waals surface area contributed by atoms with Crippen LogP contribution in [0.4, 0.5) is 22.7 Å². The molecule has 208 valence electrons. The first-order valence-electron chi connectivity index (χ1n) is 13.2. The molecule has 3 aromatic carbocycles. The maximum Gasteiger partial charge on any atom is 0.293 e. The molecule has 0 bridgehead atoms. The van der Waals surface area contributed by atoms with Gasteiger partial charge in [-0.15, -0.1) is 0 Å². The Morgan fingerprint density at radius 1 is 0.825 bits per heavy atom. The van der Waals surface area contributed by atoms with Gasteiger partial charge in [0.2, 0.25) is 0 Å². The van der Waals surface area contributed by atoms with E-state index in [0.717, 1.165) is 37.9 Å². The van der Waals surface area contributed by atoms with Crippen molar-refractivity contribution < 1.29 is 14.5 Å². The Bertz CT molecular complexity index is 1410. The number of nitrogens with one attached hydrogen (secondary N) is 3. The van der Waals surface area contributed by atoms with Crippen LogP contribution in [-0.2, 0) is 5.41 Å². The Hall–Kier alpha value is -4.31. The van der Waals surface area contributed by atoms with Gasteiger partial charge < -0.3 is 15.5 Å². The largest absolute Gasteiger partial charge is 0.366 e. The van der Waals surface area contributed by atoms with E-state index in [1.807, 2.05) is 29.2 Å². The molecule has 4 rings (SSSR count). The number of piperidine rings is 1. The minimum absolute atomic E-state index is 0.00727. The van der Waals surface area contributed by atoms with Gasteiger partial charge in [-0.05, 0) is 91.0 Å². The molecule has 10 heteroatoms. The maximum atomic E-state index is 12.8. The molecular formula is C30H33N5O4S. The third-order valence-corrected chi connectivity index (χ3v) is 6.98.